The maximum absolute atomic E-state index is 13.0. The lowest BCUT2D eigenvalue weighted by molar-refractivity contribution is -0.744. The molecule has 148 valence electrons. The van der Waals surface area contributed by atoms with Crippen LogP contribution in [-0.4, -0.2) is 35.0 Å². The standard InChI is InChI=1S/C20H18FN5O3/c1-13-3-7-15(8-4-13)17(27)12-25-18(19(28)22-2)20(29)26(24-25)23-11-14-5-9-16(21)10-6-14/h3-11H,12H2,1-2H3,(H-,22,24,28,29)/p+1/b23-11+. The minimum atomic E-state index is -0.723. The van der Waals surface area contributed by atoms with Gasteiger partial charge < -0.3 is 5.32 Å². The molecule has 9 heteroatoms. The number of hydrogen-bond donors (Lipinski definition) is 2. The highest BCUT2D eigenvalue weighted by atomic mass is 19.1. The molecule has 1 amide bonds. The molecule has 0 bridgehead atoms. The molecule has 1 heterocycles. The summed E-state index contributed by atoms with van der Waals surface area (Å²) in [5, 5.41) is 8.99. The maximum Gasteiger partial charge on any atom is 0.432 e. The minimum Gasteiger partial charge on any atom is -0.352 e. The van der Waals surface area contributed by atoms with Crippen molar-refractivity contribution >= 4 is 17.9 Å². The van der Waals surface area contributed by atoms with Crippen LogP contribution in [0.5, 0.6) is 0 Å². The van der Waals surface area contributed by atoms with Crippen molar-refractivity contribution in [2.45, 2.75) is 13.5 Å². The fourth-order valence-corrected chi connectivity index (χ4v) is 2.60. The highest BCUT2D eigenvalue weighted by molar-refractivity contribution is 5.95. The number of benzene rings is 2. The summed E-state index contributed by atoms with van der Waals surface area (Å²) in [6, 6.07) is 12.5. The van der Waals surface area contributed by atoms with Crippen molar-refractivity contribution in [2.24, 2.45) is 5.10 Å². The Morgan fingerprint density at radius 3 is 2.45 bits per heavy atom. The molecule has 8 nitrogen and oxygen atoms in total. The van der Waals surface area contributed by atoms with Gasteiger partial charge in [-0.25, -0.2) is 9.18 Å². The molecule has 0 aliphatic heterocycles. The molecule has 2 N–H and O–H groups in total. The van der Waals surface area contributed by atoms with Crippen LogP contribution in [0.25, 0.3) is 0 Å². The molecule has 3 rings (SSSR count). The van der Waals surface area contributed by atoms with Crippen LogP contribution < -0.4 is 15.6 Å². The predicted octanol–water partition coefficient (Wildman–Crippen LogP) is 1.04. The molecule has 0 aliphatic carbocycles. The van der Waals surface area contributed by atoms with Crippen LogP contribution in [0.2, 0.25) is 0 Å². The summed E-state index contributed by atoms with van der Waals surface area (Å²) < 4.78 is 14.1. The lowest BCUT2D eigenvalue weighted by Crippen LogP contribution is -2.48. The Labute approximate surface area is 165 Å². The van der Waals surface area contributed by atoms with Crippen LogP contribution >= 0.6 is 0 Å². The number of carbonyl (C=O) groups is 2. The number of halogens is 1. The maximum atomic E-state index is 13.0. The van der Waals surface area contributed by atoms with E-state index >= 15 is 0 Å². The fourth-order valence-electron chi connectivity index (χ4n) is 2.60. The molecule has 0 unspecified atom stereocenters. The van der Waals surface area contributed by atoms with E-state index in [1.165, 1.54) is 37.5 Å². The van der Waals surface area contributed by atoms with E-state index in [0.29, 0.717) is 11.1 Å². The van der Waals surface area contributed by atoms with Crippen LogP contribution in [-0.2, 0) is 6.54 Å². The summed E-state index contributed by atoms with van der Waals surface area (Å²) in [4.78, 5) is 38.2. The van der Waals surface area contributed by atoms with Crippen molar-refractivity contribution in [3.63, 3.8) is 0 Å². The number of amides is 1. The fraction of sp³-hybridized carbons (Fsp3) is 0.150. The highest BCUT2D eigenvalue weighted by Gasteiger charge is 2.29. The number of aryl methyl sites for hydroxylation is 1. The first-order chi connectivity index (χ1) is 13.9. The van der Waals surface area contributed by atoms with Gasteiger partial charge in [0.15, 0.2) is 6.54 Å². The molecule has 2 aromatic carbocycles. The third-order valence-corrected chi connectivity index (χ3v) is 4.19. The zero-order chi connectivity index (χ0) is 21.0. The number of rotatable bonds is 6. The predicted molar refractivity (Wildman–Crippen MR) is 104 cm³/mol. The second-order valence-electron chi connectivity index (χ2n) is 6.32. The van der Waals surface area contributed by atoms with Crippen LogP contribution in [0, 0.1) is 12.7 Å². The number of ketones is 1. The molecule has 0 aliphatic rings. The highest BCUT2D eigenvalue weighted by Crippen LogP contribution is 2.04. The minimum absolute atomic E-state index is 0.250. The van der Waals surface area contributed by atoms with Crippen LogP contribution in [0.4, 0.5) is 4.39 Å². The van der Waals surface area contributed by atoms with Gasteiger partial charge in [0.25, 0.3) is 0 Å². The Kier molecular flexibility index (Phi) is 5.77. The monoisotopic (exact) mass is 396 g/mol. The smallest absolute Gasteiger partial charge is 0.352 e. The summed E-state index contributed by atoms with van der Waals surface area (Å²) in [5.41, 5.74) is 1.03. The van der Waals surface area contributed by atoms with Crippen LogP contribution in [0.3, 0.4) is 0 Å². The van der Waals surface area contributed by atoms with Crippen LogP contribution in [0.15, 0.2) is 58.4 Å². The van der Waals surface area contributed by atoms with Gasteiger partial charge in [0.05, 0.1) is 6.21 Å². The third kappa shape index (κ3) is 4.52. The normalized spacial score (nSPS) is 11.0. The summed E-state index contributed by atoms with van der Waals surface area (Å²) in [6.07, 6.45) is 1.33. The molecule has 0 atom stereocenters. The Hall–Kier alpha value is -3.88. The summed E-state index contributed by atoms with van der Waals surface area (Å²) >= 11 is 0. The van der Waals surface area contributed by atoms with Crippen LogP contribution in [0.1, 0.15) is 32.0 Å². The Balaban J connectivity index is 1.93. The molecule has 0 spiro atoms. The van der Waals surface area contributed by atoms with E-state index in [4.69, 9.17) is 0 Å². The van der Waals surface area contributed by atoms with Gasteiger partial charge in [-0.3, -0.25) is 9.59 Å². The number of aromatic nitrogens is 3. The zero-order valence-electron chi connectivity index (χ0n) is 15.8. The molecule has 3 aromatic rings. The van der Waals surface area contributed by atoms with E-state index in [-0.39, 0.29) is 18.0 Å². The van der Waals surface area contributed by atoms with Crippen molar-refractivity contribution in [3.8, 4) is 0 Å². The average Bonchev–Trinajstić information content (AvgIpc) is 3.02. The van der Waals surface area contributed by atoms with Crippen molar-refractivity contribution in [3.05, 3.63) is 87.1 Å². The lowest BCUT2D eigenvalue weighted by Gasteiger charge is -2.00. The number of H-pyrrole nitrogens is 1. The summed E-state index contributed by atoms with van der Waals surface area (Å²) in [6.45, 7) is 1.66. The van der Waals surface area contributed by atoms with Gasteiger partial charge in [0.2, 0.25) is 5.78 Å². The van der Waals surface area contributed by atoms with Crippen molar-refractivity contribution in [1.29, 1.82) is 0 Å². The van der Waals surface area contributed by atoms with Gasteiger partial charge in [-0.2, -0.15) is 0 Å². The number of hydrogen-bond acceptors (Lipinski definition) is 4. The second-order valence-corrected chi connectivity index (χ2v) is 6.32. The van der Waals surface area contributed by atoms with Gasteiger partial charge in [-0.15, -0.1) is 4.68 Å². The Morgan fingerprint density at radius 2 is 1.83 bits per heavy atom. The molecule has 0 fully saturated rings. The number of aromatic amines is 1. The van der Waals surface area contributed by atoms with E-state index in [1.54, 1.807) is 24.3 Å². The van der Waals surface area contributed by atoms with E-state index in [1.807, 2.05) is 6.92 Å². The van der Waals surface area contributed by atoms with E-state index in [0.717, 1.165) is 15.0 Å². The van der Waals surface area contributed by atoms with E-state index < -0.39 is 17.3 Å². The summed E-state index contributed by atoms with van der Waals surface area (Å²) in [7, 11) is 1.38. The van der Waals surface area contributed by atoms with E-state index in [2.05, 4.69) is 15.6 Å². The first kappa shape index (κ1) is 19.9. The van der Waals surface area contributed by atoms with Gasteiger partial charge in [0.1, 0.15) is 5.82 Å². The molecular formula is C20H19FN5O3+. The molecule has 0 saturated carbocycles. The first-order valence-electron chi connectivity index (χ1n) is 8.76. The van der Waals surface area contributed by atoms with E-state index in [9.17, 15) is 18.8 Å². The SMILES string of the molecule is CNC(=O)c1c(=O)n(/N=C/c2ccc(F)cc2)[nH][n+]1CC(=O)c1ccc(C)cc1. The Morgan fingerprint density at radius 1 is 1.17 bits per heavy atom. The van der Waals surface area contributed by atoms with Crippen molar-refractivity contribution in [2.75, 3.05) is 7.05 Å². The van der Waals surface area contributed by atoms with Crippen molar-refractivity contribution < 1.29 is 18.7 Å². The third-order valence-electron chi connectivity index (χ3n) is 4.19. The molecule has 0 saturated heterocycles. The molecule has 29 heavy (non-hydrogen) atoms. The molecule has 0 radical (unpaired) electrons. The number of nitrogens with zero attached hydrogens (tertiary/aromatic N) is 3. The number of Topliss-reactive ketones (excluding diaryl/α,β-unsaturated/α-hetero) is 1. The topological polar surface area (TPSA) is 100 Å². The number of carbonyl (C=O) groups excluding carboxylic acids is 2. The van der Waals surface area contributed by atoms with Crippen molar-refractivity contribution in [1.82, 2.24) is 15.3 Å². The quantitative estimate of drug-likeness (QED) is 0.370. The van der Waals surface area contributed by atoms with Gasteiger partial charge in [0, 0.05) is 17.4 Å². The van der Waals surface area contributed by atoms with Gasteiger partial charge in [-0.1, -0.05) is 52.3 Å². The molecule has 1 aromatic heterocycles. The Bertz CT molecular complexity index is 1130. The lowest BCUT2D eigenvalue weighted by atomic mass is 10.1. The van der Waals surface area contributed by atoms with Gasteiger partial charge in [-0.05, 0) is 24.6 Å². The first-order valence-corrected chi connectivity index (χ1v) is 8.76. The average molecular weight is 396 g/mol. The second kappa shape index (κ2) is 8.42. The zero-order valence-corrected chi connectivity index (χ0v) is 15.8. The largest absolute Gasteiger partial charge is 0.432 e. The van der Waals surface area contributed by atoms with Gasteiger partial charge >= 0.3 is 17.2 Å². The summed E-state index contributed by atoms with van der Waals surface area (Å²) in [5.74, 6) is -1.33. The number of nitrogens with one attached hydrogen (secondary N) is 2. The molecular weight excluding hydrogens is 377 g/mol.